The Hall–Kier alpha value is -7.35. The van der Waals surface area contributed by atoms with Crippen LogP contribution in [-0.2, 0) is 32.4 Å². The zero-order valence-electron chi connectivity index (χ0n) is 67.3. The van der Waals surface area contributed by atoms with Crippen molar-refractivity contribution in [2.45, 2.75) is 182 Å². The van der Waals surface area contributed by atoms with E-state index in [1.807, 2.05) is 137 Å². The molecule has 6 saturated carbocycles. The lowest BCUT2D eigenvalue weighted by Gasteiger charge is -2.62. The number of aldehydes is 1. The molecule has 0 spiro atoms. The van der Waals surface area contributed by atoms with Crippen LogP contribution in [0.3, 0.4) is 0 Å². The number of ether oxygens (including phenoxy) is 2. The number of nitrogens with one attached hydrogen (secondary N) is 4. The third kappa shape index (κ3) is 18.2. The summed E-state index contributed by atoms with van der Waals surface area (Å²) >= 11 is 0. The van der Waals surface area contributed by atoms with Crippen LogP contribution in [0.15, 0.2) is 103 Å². The summed E-state index contributed by atoms with van der Waals surface area (Å²) in [5, 5.41) is 58.9. The summed E-state index contributed by atoms with van der Waals surface area (Å²) < 4.78 is 12.1. The van der Waals surface area contributed by atoms with Gasteiger partial charge in [0.25, 0.3) is 11.8 Å². The molecule has 4 bridgehead atoms. The molecule has 5 aromatic carbocycles. The van der Waals surface area contributed by atoms with Gasteiger partial charge in [0.1, 0.15) is 42.1 Å². The lowest BCUT2D eigenvalue weighted by atomic mass is 9.45. The molecule has 8 aliphatic rings. The average Bonchev–Trinajstić information content (AvgIpc) is 0.958. The fraction of sp³-hybridized carbons (Fsp3) is 0.593. The standard InChI is InChI=1S/C44H61N5O6.C42H62N4O7/c1-26-35-21-32(44(35,3)4)22-36(26)45-43(53)40-39(27(2)51)38(25-50)55-49(40)23-29-16-13-17-34(41(29)54-9)30-18-31(20-33(19-30)48(7)8)42(52)46-37(24-47(5)6)28-14-11-10-12-15-28;1-24-33-17-30(42(33,6)7)18-34(24)44-40(51)37-36(25(2)49)35(23-48)53-46(37)20-27-12-11-13-32(38(27)52-10)28-14-26(22-47)15-29(16-28)39(50)43-31(21-45(8)9)19-41(3,4)5/h10-20,26-27,32,35-40,50-51H,21-25H2,1-9H3,(H,45,53)(H,46,52);11-16,22,24-25,30-31,33-37,48-49H,17-21,23H2,1-10H3,(H,43,50)(H,44,51)/t26-,27-,32+,35-,36-,37+,38-,39+,40-;24-,25-,30+,31-,33-,34-,35-,36+,37-/m00/s1. The smallest absolute Gasteiger partial charge is 0.251 e. The van der Waals surface area contributed by atoms with Crippen molar-refractivity contribution in [2.75, 3.05) is 87.7 Å². The van der Waals surface area contributed by atoms with Crippen molar-refractivity contribution in [1.29, 1.82) is 0 Å². The Kier molecular flexibility index (Phi) is 26.6. The van der Waals surface area contributed by atoms with Crippen LogP contribution in [0.25, 0.3) is 22.3 Å². The maximum absolute atomic E-state index is 14.3. The van der Waals surface area contributed by atoms with Gasteiger partial charge in [0, 0.05) is 102 Å². The maximum atomic E-state index is 14.3. The SMILES string of the molecule is COc1c(CN2O[C@@H](CO)[C@@H]([C@H](C)O)[C@H]2C(=O)N[C@H]2C[C@H]3C[C@@H]([C@@H]2C)C3(C)C)cccc1-c1cc(C(=O)N[C@H](CN(C)C)c2ccccc2)cc(N(C)C)c1.COc1c(CN2O[C@@H](CO)[C@@H]([C@H](C)O)[C@H]2C(=O)N[C@H]2C[C@H]3C[C@@H]([C@@H]2C)C3(C)C)cccc1-c1cc(C=O)cc(C(=O)N[C@H](CN(C)C)CC(C)(C)C)c1. The Morgan fingerprint density at radius 1 is 0.611 bits per heavy atom. The summed E-state index contributed by atoms with van der Waals surface area (Å²) in [5.74, 6) is 1.73. The van der Waals surface area contributed by atoms with Gasteiger partial charge < -0.3 is 65.9 Å². The molecule has 13 rings (SSSR count). The minimum atomic E-state index is -0.923. The first kappa shape index (κ1) is 83.1. The van der Waals surface area contributed by atoms with Crippen LogP contribution < -0.4 is 35.6 Å². The molecule has 0 aromatic heterocycles. The number of likely N-dealkylation sites (N-methyl/N-ethyl adjacent to an activating group) is 2. The molecular weight excluding hydrogens is 1370 g/mol. The lowest BCUT2D eigenvalue weighted by molar-refractivity contribution is -0.183. The number of methoxy groups -OCH3 is 2. The topological polar surface area (TPSA) is 268 Å². The highest BCUT2D eigenvalue weighted by atomic mass is 16.7. The van der Waals surface area contributed by atoms with E-state index in [2.05, 4.69) is 88.5 Å². The lowest BCUT2D eigenvalue weighted by Crippen LogP contribution is -2.62. The van der Waals surface area contributed by atoms with Crippen molar-refractivity contribution in [3.05, 3.63) is 137 Å². The van der Waals surface area contributed by atoms with Crippen LogP contribution in [-0.4, -0.2) is 208 Å². The van der Waals surface area contributed by atoms with Crippen molar-refractivity contribution >= 4 is 35.6 Å². The van der Waals surface area contributed by atoms with E-state index in [1.54, 1.807) is 56.4 Å². The molecule has 2 saturated heterocycles. The zero-order valence-corrected chi connectivity index (χ0v) is 67.3. The number of carbonyl (C=O) groups excluding carboxylic acids is 5. The van der Waals surface area contributed by atoms with E-state index in [4.69, 9.17) is 19.1 Å². The van der Waals surface area contributed by atoms with Crippen LogP contribution in [0, 0.1) is 63.6 Å². The van der Waals surface area contributed by atoms with Crippen LogP contribution in [0.4, 0.5) is 5.69 Å². The highest BCUT2D eigenvalue weighted by molar-refractivity contribution is 5.99. The van der Waals surface area contributed by atoms with Crippen molar-refractivity contribution in [1.82, 2.24) is 41.2 Å². The number of anilines is 1. The van der Waals surface area contributed by atoms with Crippen LogP contribution >= 0.6 is 0 Å². The normalized spacial score (nSPS) is 27.3. The van der Waals surface area contributed by atoms with E-state index in [0.29, 0.717) is 93.5 Å². The summed E-state index contributed by atoms with van der Waals surface area (Å²) in [4.78, 5) is 87.0. The summed E-state index contributed by atoms with van der Waals surface area (Å²) in [6.45, 7) is 24.4. The van der Waals surface area contributed by atoms with E-state index < -0.39 is 48.3 Å². The largest absolute Gasteiger partial charge is 0.496 e. The van der Waals surface area contributed by atoms with Gasteiger partial charge in [0.2, 0.25) is 11.8 Å². The quantitative estimate of drug-likeness (QED) is 0.0216. The van der Waals surface area contributed by atoms with Gasteiger partial charge in [-0.3, -0.25) is 33.6 Å². The number of carbonyl (C=O) groups is 5. The van der Waals surface area contributed by atoms with Crippen LogP contribution in [0.1, 0.15) is 162 Å². The van der Waals surface area contributed by atoms with E-state index in [1.165, 1.54) is 12.8 Å². The fourth-order valence-electron chi connectivity index (χ4n) is 19.0. The zero-order chi connectivity index (χ0) is 78.8. The van der Waals surface area contributed by atoms with E-state index >= 15 is 0 Å². The van der Waals surface area contributed by atoms with Gasteiger partial charge >= 0.3 is 0 Å². The fourth-order valence-corrected chi connectivity index (χ4v) is 19.0. The van der Waals surface area contributed by atoms with Gasteiger partial charge in [0.05, 0.1) is 58.8 Å². The highest BCUT2D eigenvalue weighted by Crippen LogP contribution is 2.62. The van der Waals surface area contributed by atoms with Crippen LogP contribution in [0.2, 0.25) is 0 Å². The van der Waals surface area contributed by atoms with Gasteiger partial charge in [-0.15, -0.1) is 0 Å². The molecule has 8 fully saturated rings. The number of amides is 4. The van der Waals surface area contributed by atoms with E-state index in [0.717, 1.165) is 53.5 Å². The van der Waals surface area contributed by atoms with Crippen LogP contribution in [0.5, 0.6) is 11.5 Å². The van der Waals surface area contributed by atoms with Gasteiger partial charge in [-0.05, 0) is 179 Å². The third-order valence-corrected chi connectivity index (χ3v) is 24.9. The Bertz CT molecular complexity index is 3950. The monoisotopic (exact) mass is 1490 g/mol. The third-order valence-electron chi connectivity index (χ3n) is 24.9. The highest BCUT2D eigenvalue weighted by Gasteiger charge is 2.59. The van der Waals surface area contributed by atoms with Crippen molar-refractivity contribution in [3.8, 4) is 33.8 Å². The molecule has 8 N–H and O–H groups in total. The summed E-state index contributed by atoms with van der Waals surface area (Å²) in [7, 11) is 15.0. The minimum Gasteiger partial charge on any atom is -0.496 e. The number of fused-ring (bicyclic) bond motifs is 4. The number of para-hydroxylation sites is 2. The van der Waals surface area contributed by atoms with Crippen molar-refractivity contribution in [3.63, 3.8) is 0 Å². The summed E-state index contributed by atoms with van der Waals surface area (Å²) in [5.41, 5.74) is 7.93. The number of hydrogen-bond acceptors (Lipinski definition) is 18. The molecule has 6 aliphatic carbocycles. The molecule has 22 nitrogen and oxygen atoms in total. The Balaban J connectivity index is 0.000000231. The number of aliphatic hydroxyl groups excluding tert-OH is 4. The summed E-state index contributed by atoms with van der Waals surface area (Å²) in [6, 6.07) is 30.3. The Morgan fingerprint density at radius 3 is 1.46 bits per heavy atom. The molecule has 4 amide bonds. The Morgan fingerprint density at radius 2 is 1.06 bits per heavy atom. The predicted molar refractivity (Wildman–Crippen MR) is 421 cm³/mol. The van der Waals surface area contributed by atoms with E-state index in [9.17, 15) is 44.4 Å². The molecule has 2 aliphatic heterocycles. The molecule has 590 valence electrons. The second kappa shape index (κ2) is 34.5. The molecular formula is C86H123N9O13. The second-order valence-corrected chi connectivity index (χ2v) is 35.0. The minimum absolute atomic E-state index is 0.00542. The number of hydroxylamine groups is 4. The number of hydrogen-bond donors (Lipinski definition) is 8. The first-order chi connectivity index (χ1) is 51.0. The number of benzene rings is 5. The first-order valence-electron chi connectivity index (χ1n) is 38.8. The molecule has 108 heavy (non-hydrogen) atoms. The van der Waals surface area contributed by atoms with E-state index in [-0.39, 0.29) is 90.3 Å². The average molecular weight is 1490 g/mol. The molecule has 22 heteroatoms. The maximum Gasteiger partial charge on any atom is 0.251 e. The molecule has 0 unspecified atom stereocenters. The predicted octanol–water partition coefficient (Wildman–Crippen LogP) is 10.1. The van der Waals surface area contributed by atoms with Gasteiger partial charge in [0.15, 0.2) is 0 Å². The van der Waals surface area contributed by atoms with Gasteiger partial charge in [-0.1, -0.05) is 129 Å². The molecule has 18 atom stereocenters. The number of aliphatic hydroxyl groups is 4. The van der Waals surface area contributed by atoms with Crippen molar-refractivity contribution in [2.24, 2.45) is 63.6 Å². The Labute approximate surface area is 640 Å². The van der Waals surface area contributed by atoms with Crippen molar-refractivity contribution < 1.29 is 63.5 Å². The first-order valence-corrected chi connectivity index (χ1v) is 38.8. The molecule has 5 aromatic rings. The molecule has 2 heterocycles. The summed E-state index contributed by atoms with van der Waals surface area (Å²) in [6.07, 6.45) is 2.37. The van der Waals surface area contributed by atoms with Gasteiger partial charge in [-0.2, -0.15) is 10.1 Å². The number of nitrogens with zero attached hydrogens (tertiary/aromatic N) is 5. The number of rotatable bonds is 28. The second-order valence-electron chi connectivity index (χ2n) is 35.0. The van der Waals surface area contributed by atoms with Gasteiger partial charge in [-0.25, -0.2) is 0 Å². The molecule has 0 radical (unpaired) electrons.